The fourth-order valence-electron chi connectivity index (χ4n) is 3.72. The van der Waals surface area contributed by atoms with Gasteiger partial charge >= 0.3 is 23.9 Å². The summed E-state index contributed by atoms with van der Waals surface area (Å²) in [6, 6.07) is 5.73. The Morgan fingerprint density at radius 3 is 1.90 bits per heavy atom. The number of carboxylic acid groups (broad SMARTS) is 3. The zero-order chi connectivity index (χ0) is 23.1. The third kappa shape index (κ3) is 6.25. The number of carboxylic acids is 3. The molecule has 0 radical (unpaired) electrons. The highest BCUT2D eigenvalue weighted by molar-refractivity contribution is 5.78. The summed E-state index contributed by atoms with van der Waals surface area (Å²) in [6.45, 7) is 0. The third-order valence-electron chi connectivity index (χ3n) is 5.05. The van der Waals surface area contributed by atoms with Crippen molar-refractivity contribution in [2.24, 2.45) is 17.8 Å². The molecule has 11 nitrogen and oxygen atoms in total. The van der Waals surface area contributed by atoms with Crippen LogP contribution in [0.5, 0.6) is 5.75 Å². The van der Waals surface area contributed by atoms with E-state index in [1.165, 1.54) is 24.3 Å². The van der Waals surface area contributed by atoms with E-state index in [4.69, 9.17) is 9.47 Å². The van der Waals surface area contributed by atoms with Crippen LogP contribution in [0.15, 0.2) is 24.3 Å². The maximum atomic E-state index is 12.3. The topological polar surface area (TPSA) is 174 Å². The predicted octanol–water partition coefficient (Wildman–Crippen LogP) is 1.05. The molecule has 3 N–H and O–H groups in total. The number of hydrogen-bond donors (Lipinski definition) is 3. The van der Waals surface area contributed by atoms with Crippen molar-refractivity contribution in [3.05, 3.63) is 29.8 Å². The van der Waals surface area contributed by atoms with Crippen molar-refractivity contribution in [3.63, 3.8) is 0 Å². The monoisotopic (exact) mass is 438 g/mol. The van der Waals surface area contributed by atoms with E-state index in [-0.39, 0.29) is 5.75 Å². The van der Waals surface area contributed by atoms with E-state index in [0.717, 1.165) is 7.11 Å². The van der Waals surface area contributed by atoms with Gasteiger partial charge in [-0.15, -0.1) is 0 Å². The second-order valence-electron chi connectivity index (χ2n) is 7.04. The highest BCUT2D eigenvalue weighted by Crippen LogP contribution is 2.42. The Bertz CT molecular complexity index is 832. The molecule has 1 aromatic rings. The average molecular weight is 438 g/mol. The van der Waals surface area contributed by atoms with Gasteiger partial charge in [-0.2, -0.15) is 0 Å². The molecule has 0 spiro atoms. The first-order valence-corrected chi connectivity index (χ1v) is 9.26. The van der Waals surface area contributed by atoms with Crippen molar-refractivity contribution in [2.45, 2.75) is 31.7 Å². The van der Waals surface area contributed by atoms with E-state index >= 15 is 0 Å². The van der Waals surface area contributed by atoms with Crippen LogP contribution in [0.2, 0.25) is 0 Å². The first-order chi connectivity index (χ1) is 14.7. The summed E-state index contributed by atoms with van der Waals surface area (Å²) in [5, 5.41) is 28.0. The minimum absolute atomic E-state index is 0.181. The molecule has 31 heavy (non-hydrogen) atoms. The van der Waals surface area contributed by atoms with E-state index in [1.807, 2.05) is 0 Å². The molecular formula is C20H22O11. The Labute approximate surface area is 176 Å². The summed E-state index contributed by atoms with van der Waals surface area (Å²) >= 11 is 0. The van der Waals surface area contributed by atoms with Crippen molar-refractivity contribution < 1.29 is 53.5 Å². The minimum Gasteiger partial charge on any atom is -0.481 e. The molecule has 1 saturated heterocycles. The lowest BCUT2D eigenvalue weighted by molar-refractivity contribution is -0.233. The third-order valence-corrected chi connectivity index (χ3v) is 5.05. The van der Waals surface area contributed by atoms with Gasteiger partial charge in [-0.25, -0.2) is 4.79 Å². The van der Waals surface area contributed by atoms with Crippen molar-refractivity contribution in [1.29, 1.82) is 0 Å². The first kappa shape index (κ1) is 23.8. The van der Waals surface area contributed by atoms with Crippen molar-refractivity contribution in [1.82, 2.24) is 0 Å². The number of ether oxygens (including phenoxy) is 3. The van der Waals surface area contributed by atoms with Crippen LogP contribution in [0.4, 0.5) is 0 Å². The van der Waals surface area contributed by atoms with Crippen LogP contribution < -0.4 is 4.74 Å². The summed E-state index contributed by atoms with van der Waals surface area (Å²) in [7, 11) is 1.06. The van der Waals surface area contributed by atoms with E-state index < -0.39 is 73.3 Å². The summed E-state index contributed by atoms with van der Waals surface area (Å²) in [5.74, 6) is -7.93. The Kier molecular flexibility index (Phi) is 8.08. The Hall–Kier alpha value is -3.47. The molecule has 2 rings (SSSR count). The SMILES string of the molecule is COC(=O)[C@H]1O[C@@H](Oc2ccc(C=O)cc2)[C@H](CC(=O)O)[C@@H](CC(=O)O)[C@@H]1CC(=O)O. The number of benzene rings is 1. The molecular weight excluding hydrogens is 416 g/mol. The predicted molar refractivity (Wildman–Crippen MR) is 100 cm³/mol. The maximum Gasteiger partial charge on any atom is 0.335 e. The Morgan fingerprint density at radius 2 is 1.42 bits per heavy atom. The number of aliphatic carboxylic acids is 3. The molecule has 5 atom stereocenters. The average Bonchev–Trinajstić information content (AvgIpc) is 2.71. The molecule has 0 aromatic heterocycles. The summed E-state index contributed by atoms with van der Waals surface area (Å²) in [5.41, 5.74) is 0.358. The van der Waals surface area contributed by atoms with Crippen molar-refractivity contribution >= 4 is 30.2 Å². The second kappa shape index (κ2) is 10.5. The normalized spacial score (nSPS) is 25.3. The molecule has 0 unspecified atom stereocenters. The molecule has 1 aromatic carbocycles. The van der Waals surface area contributed by atoms with E-state index in [2.05, 4.69) is 4.74 Å². The number of hydrogen-bond acceptors (Lipinski definition) is 8. The van der Waals surface area contributed by atoms with Crippen molar-refractivity contribution in [3.8, 4) is 5.75 Å². The van der Waals surface area contributed by atoms with Gasteiger partial charge in [0.25, 0.3) is 0 Å². The first-order valence-electron chi connectivity index (χ1n) is 9.26. The van der Waals surface area contributed by atoms with E-state index in [9.17, 15) is 39.3 Å². The molecule has 1 fully saturated rings. The molecule has 1 heterocycles. The molecule has 168 valence electrons. The quantitative estimate of drug-likeness (QED) is 0.352. The Balaban J connectivity index is 2.47. The van der Waals surface area contributed by atoms with Crippen LogP contribution in [0.1, 0.15) is 29.6 Å². The molecule has 0 saturated carbocycles. The smallest absolute Gasteiger partial charge is 0.335 e. The number of methoxy groups -OCH3 is 1. The molecule has 1 aliphatic heterocycles. The van der Waals surface area contributed by atoms with Gasteiger partial charge in [0.15, 0.2) is 6.10 Å². The number of carbonyl (C=O) groups excluding carboxylic acids is 2. The second-order valence-corrected chi connectivity index (χ2v) is 7.04. The lowest BCUT2D eigenvalue weighted by Crippen LogP contribution is -2.54. The highest BCUT2D eigenvalue weighted by atomic mass is 16.7. The molecule has 11 heteroatoms. The van der Waals surface area contributed by atoms with Gasteiger partial charge in [0.1, 0.15) is 12.0 Å². The largest absolute Gasteiger partial charge is 0.481 e. The number of carbonyl (C=O) groups is 5. The lowest BCUT2D eigenvalue weighted by atomic mass is 9.71. The number of aldehydes is 1. The van der Waals surface area contributed by atoms with Gasteiger partial charge < -0.3 is 29.5 Å². The zero-order valence-corrected chi connectivity index (χ0v) is 16.5. The van der Waals surface area contributed by atoms with Crippen molar-refractivity contribution in [2.75, 3.05) is 7.11 Å². The summed E-state index contributed by atoms with van der Waals surface area (Å²) in [4.78, 5) is 57.5. The van der Waals surface area contributed by atoms with Crippen LogP contribution in [0.3, 0.4) is 0 Å². The fourth-order valence-corrected chi connectivity index (χ4v) is 3.72. The lowest BCUT2D eigenvalue weighted by Gasteiger charge is -2.44. The van der Waals surface area contributed by atoms with Gasteiger partial charge in [-0.1, -0.05) is 0 Å². The van der Waals surface area contributed by atoms with Crippen LogP contribution in [0.25, 0.3) is 0 Å². The van der Waals surface area contributed by atoms with E-state index in [1.54, 1.807) is 0 Å². The Morgan fingerprint density at radius 1 is 0.903 bits per heavy atom. The standard InChI is InChI=1S/C20H22O11/c1-29-19(28)18-13(7-16(24)25)12(6-15(22)23)14(8-17(26)27)20(31-18)30-11-4-2-10(9-21)3-5-11/h2-5,9,12-14,18,20H,6-8H2,1H3,(H,22,23)(H,24,25)(H,26,27)/t12-,13-,14+,18-,20+/m0/s1. The zero-order valence-electron chi connectivity index (χ0n) is 16.5. The van der Waals surface area contributed by atoms with E-state index in [0.29, 0.717) is 11.8 Å². The molecule has 0 amide bonds. The van der Waals surface area contributed by atoms with Gasteiger partial charge in [-0.05, 0) is 30.2 Å². The maximum absolute atomic E-state index is 12.3. The summed E-state index contributed by atoms with van der Waals surface area (Å²) < 4.78 is 16.0. The number of esters is 1. The molecule has 0 aliphatic carbocycles. The van der Waals surface area contributed by atoms with Gasteiger partial charge in [0, 0.05) is 23.8 Å². The minimum atomic E-state index is -1.48. The van der Waals surface area contributed by atoms with Crippen LogP contribution in [0, 0.1) is 17.8 Å². The highest BCUT2D eigenvalue weighted by Gasteiger charge is 2.51. The van der Waals surface area contributed by atoms with Gasteiger partial charge in [0.2, 0.25) is 6.29 Å². The van der Waals surface area contributed by atoms with Crippen LogP contribution >= 0.6 is 0 Å². The number of rotatable bonds is 10. The van der Waals surface area contributed by atoms with Gasteiger partial charge in [0.05, 0.1) is 20.0 Å². The fraction of sp³-hybridized carbons (Fsp3) is 0.450. The molecule has 1 aliphatic rings. The summed E-state index contributed by atoms with van der Waals surface area (Å²) in [6.07, 6.45) is -4.06. The molecule has 0 bridgehead atoms. The van der Waals surface area contributed by atoms with Gasteiger partial charge in [-0.3, -0.25) is 19.2 Å². The van der Waals surface area contributed by atoms with Crippen LogP contribution in [-0.2, 0) is 28.7 Å². The van der Waals surface area contributed by atoms with Crippen LogP contribution in [-0.4, -0.2) is 65.0 Å².